The van der Waals surface area contributed by atoms with E-state index in [1.165, 1.54) is 19.3 Å². The topological polar surface area (TPSA) is 54.0 Å². The first kappa shape index (κ1) is 19.1. The highest BCUT2D eigenvalue weighted by atomic mass is 31.2. The van der Waals surface area contributed by atoms with E-state index >= 15 is 0 Å². The Morgan fingerprint density at radius 1 is 1.09 bits per heavy atom. The fraction of sp³-hybridized carbons (Fsp3) is 0.882. The van der Waals surface area contributed by atoms with Crippen molar-refractivity contribution < 1.29 is 23.1 Å². The summed E-state index contributed by atoms with van der Waals surface area (Å²) in [7, 11) is -3.08. The van der Waals surface area contributed by atoms with Gasteiger partial charge in [-0.2, -0.15) is 0 Å². The van der Waals surface area contributed by atoms with E-state index in [1.807, 2.05) is 13.8 Å². The lowest BCUT2D eigenvalue weighted by Gasteiger charge is -2.30. The van der Waals surface area contributed by atoms with Crippen LogP contribution in [0.15, 0.2) is 11.6 Å². The summed E-state index contributed by atoms with van der Waals surface area (Å²) in [4.78, 5) is 0. The molecule has 1 spiro atoms. The fourth-order valence-corrected chi connectivity index (χ4v) is 5.12. The second-order valence-electron chi connectivity index (χ2n) is 6.20. The normalized spacial score (nSPS) is 23.0. The van der Waals surface area contributed by atoms with E-state index in [2.05, 4.69) is 6.08 Å². The zero-order valence-electron chi connectivity index (χ0n) is 14.6. The summed E-state index contributed by atoms with van der Waals surface area (Å²) in [5.74, 6) is -0.535. The van der Waals surface area contributed by atoms with E-state index in [0.717, 1.165) is 24.8 Å². The van der Waals surface area contributed by atoms with E-state index in [9.17, 15) is 4.57 Å². The van der Waals surface area contributed by atoms with Crippen molar-refractivity contribution >= 4 is 7.60 Å². The van der Waals surface area contributed by atoms with Crippen LogP contribution < -0.4 is 0 Å². The summed E-state index contributed by atoms with van der Waals surface area (Å²) in [5.41, 5.74) is 1.08. The standard InChI is InChI=1S/C17H31O5P/c1-3-21-23(18,22-4-2)15-16-10-8-6-5-7-9-11-17(14-16)19-12-13-20-17/h10H,3-9,11-15H2,1-2H3. The summed E-state index contributed by atoms with van der Waals surface area (Å²) in [6.07, 6.45) is 9.82. The van der Waals surface area contributed by atoms with Gasteiger partial charge in [0.15, 0.2) is 5.79 Å². The summed E-state index contributed by atoms with van der Waals surface area (Å²) >= 11 is 0. The van der Waals surface area contributed by atoms with Gasteiger partial charge >= 0.3 is 7.60 Å². The van der Waals surface area contributed by atoms with Gasteiger partial charge in [0.1, 0.15) is 0 Å². The summed E-state index contributed by atoms with van der Waals surface area (Å²) in [6.45, 7) is 5.76. The quantitative estimate of drug-likeness (QED) is 0.517. The molecule has 6 heteroatoms. The van der Waals surface area contributed by atoms with Crippen molar-refractivity contribution in [2.75, 3.05) is 32.6 Å². The van der Waals surface area contributed by atoms with Crippen LogP contribution in [0, 0.1) is 0 Å². The van der Waals surface area contributed by atoms with Crippen molar-refractivity contribution in [3.05, 3.63) is 11.6 Å². The molecular formula is C17H31O5P. The van der Waals surface area contributed by atoms with Crippen molar-refractivity contribution in [1.29, 1.82) is 0 Å². The highest BCUT2D eigenvalue weighted by molar-refractivity contribution is 7.54. The SMILES string of the molecule is CCOP(=O)(CC1=CCCCCCCC2(C1)OCCO2)OCC. The molecule has 0 amide bonds. The van der Waals surface area contributed by atoms with Gasteiger partial charge in [-0.3, -0.25) is 4.57 Å². The maximum atomic E-state index is 12.9. The molecule has 0 saturated carbocycles. The predicted octanol–water partition coefficient (Wildman–Crippen LogP) is 4.67. The van der Waals surface area contributed by atoms with Crippen LogP contribution in [0.4, 0.5) is 0 Å². The number of allylic oxidation sites excluding steroid dienone is 1. The average Bonchev–Trinajstić information content (AvgIpc) is 2.95. The van der Waals surface area contributed by atoms with Crippen molar-refractivity contribution in [1.82, 2.24) is 0 Å². The Hall–Kier alpha value is -0.190. The molecule has 1 aliphatic carbocycles. The molecule has 0 atom stereocenters. The predicted molar refractivity (Wildman–Crippen MR) is 90.8 cm³/mol. The Labute approximate surface area is 140 Å². The lowest BCUT2D eigenvalue weighted by atomic mass is 9.96. The lowest BCUT2D eigenvalue weighted by molar-refractivity contribution is -0.161. The minimum Gasteiger partial charge on any atom is -0.347 e. The molecule has 1 aliphatic heterocycles. The number of hydrogen-bond donors (Lipinski definition) is 0. The Morgan fingerprint density at radius 3 is 2.39 bits per heavy atom. The summed E-state index contributed by atoms with van der Waals surface area (Å²) in [6, 6.07) is 0. The first-order valence-corrected chi connectivity index (χ1v) is 10.7. The zero-order chi connectivity index (χ0) is 16.6. The van der Waals surface area contributed by atoms with Gasteiger partial charge in [-0.25, -0.2) is 0 Å². The number of hydrogen-bond acceptors (Lipinski definition) is 5. The molecule has 0 N–H and O–H groups in total. The Bertz CT molecular complexity index is 419. The van der Waals surface area contributed by atoms with E-state index in [-0.39, 0.29) is 0 Å². The molecule has 2 aliphatic rings. The second-order valence-corrected chi connectivity index (χ2v) is 8.26. The highest BCUT2D eigenvalue weighted by Gasteiger charge is 2.38. The molecule has 0 aromatic carbocycles. The first-order valence-electron chi connectivity index (χ1n) is 8.95. The second kappa shape index (κ2) is 9.33. The van der Waals surface area contributed by atoms with E-state index in [0.29, 0.717) is 39.0 Å². The Balaban J connectivity index is 2.13. The third kappa shape index (κ3) is 5.99. The van der Waals surface area contributed by atoms with E-state index < -0.39 is 13.4 Å². The molecular weight excluding hydrogens is 315 g/mol. The largest absolute Gasteiger partial charge is 0.347 e. The number of ether oxygens (including phenoxy) is 2. The van der Waals surface area contributed by atoms with E-state index in [4.69, 9.17) is 18.5 Å². The third-order valence-corrected chi connectivity index (χ3v) is 6.40. The van der Waals surface area contributed by atoms with Gasteiger partial charge in [0.25, 0.3) is 0 Å². The Morgan fingerprint density at radius 2 is 1.74 bits per heavy atom. The van der Waals surface area contributed by atoms with Gasteiger partial charge in [0.2, 0.25) is 0 Å². The van der Waals surface area contributed by atoms with Crippen LogP contribution in [0.5, 0.6) is 0 Å². The first-order chi connectivity index (χ1) is 11.1. The van der Waals surface area contributed by atoms with Crippen molar-refractivity contribution in [3.8, 4) is 0 Å². The fourth-order valence-electron chi connectivity index (χ4n) is 3.34. The molecule has 5 nitrogen and oxygen atoms in total. The highest BCUT2D eigenvalue weighted by Crippen LogP contribution is 2.51. The zero-order valence-corrected chi connectivity index (χ0v) is 15.4. The molecule has 2 rings (SSSR count). The van der Waals surface area contributed by atoms with Crippen molar-refractivity contribution in [3.63, 3.8) is 0 Å². The molecule has 1 fully saturated rings. The molecule has 0 aromatic rings. The summed E-state index contributed by atoms with van der Waals surface area (Å²) in [5, 5.41) is 0. The molecule has 0 unspecified atom stereocenters. The van der Waals surface area contributed by atoms with Gasteiger partial charge < -0.3 is 18.5 Å². The lowest BCUT2D eigenvalue weighted by Crippen LogP contribution is -2.31. The van der Waals surface area contributed by atoms with Crippen molar-refractivity contribution in [2.24, 2.45) is 0 Å². The van der Waals surface area contributed by atoms with Gasteiger partial charge in [-0.15, -0.1) is 0 Å². The molecule has 0 bridgehead atoms. The van der Waals surface area contributed by atoms with E-state index in [1.54, 1.807) is 0 Å². The smallest absolute Gasteiger partial charge is 0.334 e. The molecule has 134 valence electrons. The molecule has 0 radical (unpaired) electrons. The van der Waals surface area contributed by atoms with Gasteiger partial charge in [0, 0.05) is 12.8 Å². The average molecular weight is 346 g/mol. The van der Waals surface area contributed by atoms with Gasteiger partial charge in [-0.1, -0.05) is 24.5 Å². The van der Waals surface area contributed by atoms with Crippen LogP contribution in [0.3, 0.4) is 0 Å². The van der Waals surface area contributed by atoms with Gasteiger partial charge in [0.05, 0.1) is 32.6 Å². The minimum atomic E-state index is -3.08. The maximum absolute atomic E-state index is 12.9. The maximum Gasteiger partial charge on any atom is 0.334 e. The van der Waals surface area contributed by atoms with Crippen molar-refractivity contribution in [2.45, 2.75) is 64.6 Å². The molecule has 1 saturated heterocycles. The molecule has 0 aromatic heterocycles. The van der Waals surface area contributed by atoms with Crippen LogP contribution in [0.25, 0.3) is 0 Å². The molecule has 1 heterocycles. The molecule has 23 heavy (non-hydrogen) atoms. The third-order valence-electron chi connectivity index (χ3n) is 4.30. The van der Waals surface area contributed by atoms with Gasteiger partial charge in [-0.05, 0) is 33.1 Å². The van der Waals surface area contributed by atoms with Crippen LogP contribution in [-0.4, -0.2) is 38.4 Å². The van der Waals surface area contributed by atoms with Crippen LogP contribution in [-0.2, 0) is 23.1 Å². The number of rotatable bonds is 6. The Kier molecular flexibility index (Phi) is 7.77. The van der Waals surface area contributed by atoms with Crippen LogP contribution in [0.1, 0.15) is 58.8 Å². The summed E-state index contributed by atoms with van der Waals surface area (Å²) < 4.78 is 35.7. The minimum absolute atomic E-state index is 0.336. The monoisotopic (exact) mass is 346 g/mol. The van der Waals surface area contributed by atoms with Crippen LogP contribution in [0.2, 0.25) is 0 Å². The van der Waals surface area contributed by atoms with Crippen LogP contribution >= 0.6 is 7.60 Å².